The lowest BCUT2D eigenvalue weighted by Crippen LogP contribution is -2.35. The number of anilines is 1. The zero-order chi connectivity index (χ0) is 22.0. The van der Waals surface area contributed by atoms with E-state index in [-0.39, 0.29) is 23.4 Å². The summed E-state index contributed by atoms with van der Waals surface area (Å²) >= 11 is 2.31. The molecule has 2 aromatic rings. The third-order valence-electron chi connectivity index (χ3n) is 4.63. The van der Waals surface area contributed by atoms with Gasteiger partial charge in [0.15, 0.2) is 7.05 Å². The van der Waals surface area contributed by atoms with Crippen LogP contribution in [0.3, 0.4) is 0 Å². The van der Waals surface area contributed by atoms with Crippen LogP contribution in [0.15, 0.2) is 14.3 Å². The van der Waals surface area contributed by atoms with E-state index in [1.54, 1.807) is 25.8 Å². The molecule has 12 heteroatoms. The molecule has 0 spiro atoms. The van der Waals surface area contributed by atoms with Gasteiger partial charge in [0.1, 0.15) is 5.00 Å². The number of thioether (sulfide) groups is 1. The Kier molecular flexibility index (Phi) is 6.66. The van der Waals surface area contributed by atoms with Crippen molar-refractivity contribution >= 4 is 45.9 Å². The van der Waals surface area contributed by atoms with E-state index >= 15 is 0 Å². The van der Waals surface area contributed by atoms with Gasteiger partial charge in [-0.1, -0.05) is 4.68 Å². The second-order valence-electron chi connectivity index (χ2n) is 6.71. The first kappa shape index (κ1) is 22.1. The number of nitrogens with one attached hydrogen (secondary N) is 2. The summed E-state index contributed by atoms with van der Waals surface area (Å²) in [6.07, 6.45) is 0.514. The summed E-state index contributed by atoms with van der Waals surface area (Å²) in [5, 5.41) is 5.23. The maximum Gasteiger partial charge on any atom is 0.441 e. The fraction of sp³-hybridized carbons (Fsp3) is 0.500. The van der Waals surface area contributed by atoms with Gasteiger partial charge in [0, 0.05) is 18.3 Å². The summed E-state index contributed by atoms with van der Waals surface area (Å²) in [4.78, 5) is 51.4. The molecule has 0 saturated carbocycles. The summed E-state index contributed by atoms with van der Waals surface area (Å²) in [5.41, 5.74) is 0.590. The zero-order valence-corrected chi connectivity index (χ0v) is 18.7. The minimum Gasteiger partial charge on any atom is -0.462 e. The predicted octanol–water partition coefficient (Wildman–Crippen LogP) is 1.05. The van der Waals surface area contributed by atoms with Crippen molar-refractivity contribution in [1.82, 2.24) is 10.2 Å². The fourth-order valence-corrected chi connectivity index (χ4v) is 5.16. The van der Waals surface area contributed by atoms with Crippen LogP contribution in [0.25, 0.3) is 0 Å². The molecule has 1 aliphatic rings. The van der Waals surface area contributed by atoms with Crippen molar-refractivity contribution in [1.29, 1.82) is 0 Å². The average Bonchev–Trinajstić information content (AvgIpc) is 3.21. The number of carbonyl (C=O) groups excluding carboxylic acids is 3. The van der Waals surface area contributed by atoms with Crippen molar-refractivity contribution in [3.63, 3.8) is 0 Å². The molecule has 2 amide bonds. The largest absolute Gasteiger partial charge is 0.462 e. The smallest absolute Gasteiger partial charge is 0.441 e. The van der Waals surface area contributed by atoms with Crippen LogP contribution < -0.4 is 15.6 Å². The third-order valence-corrected chi connectivity index (χ3v) is 6.99. The average molecular weight is 456 g/mol. The van der Waals surface area contributed by atoms with Crippen LogP contribution in [0.5, 0.6) is 0 Å². The molecule has 162 valence electrons. The van der Waals surface area contributed by atoms with Gasteiger partial charge in [-0.25, -0.2) is 9.59 Å². The molecule has 1 unspecified atom stereocenters. The maximum atomic E-state index is 12.8. The lowest BCUT2D eigenvalue weighted by molar-refractivity contribution is -0.772. The summed E-state index contributed by atoms with van der Waals surface area (Å²) in [6, 6.07) is 0. The molecule has 3 heterocycles. The molecule has 10 nitrogen and oxygen atoms in total. The minimum atomic E-state index is -0.627. The van der Waals surface area contributed by atoms with Gasteiger partial charge in [0.05, 0.1) is 24.0 Å². The second-order valence-corrected chi connectivity index (χ2v) is 9.15. The number of aromatic amines is 1. The molecule has 30 heavy (non-hydrogen) atoms. The van der Waals surface area contributed by atoms with Gasteiger partial charge in [-0.05, 0) is 42.9 Å². The molecule has 0 fully saturated rings. The van der Waals surface area contributed by atoms with Gasteiger partial charge in [0.2, 0.25) is 11.8 Å². The number of carbonyl (C=O) groups is 3. The van der Waals surface area contributed by atoms with Gasteiger partial charge in [-0.3, -0.25) is 14.1 Å². The number of rotatable bonds is 6. The van der Waals surface area contributed by atoms with Crippen LogP contribution in [0.1, 0.15) is 41.6 Å². The van der Waals surface area contributed by atoms with E-state index in [0.717, 1.165) is 22.2 Å². The summed E-state index contributed by atoms with van der Waals surface area (Å²) in [5.74, 6) is -0.909. The standard InChI is InChI=1S/C18H22N4O6S2/c1-5-27-17(25)13-11-6-7-22(10(3)23)8-12(11)30-15(13)19-14(24)9(2)29-16-18(26)28-20-21(16)4/h9H,5-8H2,1-4H3,(H-,19,20,24,25,26)/p+1. The number of thiophene rings is 1. The first-order chi connectivity index (χ1) is 14.2. The number of ether oxygens (including phenoxy) is 1. The van der Waals surface area contributed by atoms with Crippen molar-refractivity contribution in [2.24, 2.45) is 7.05 Å². The van der Waals surface area contributed by atoms with Crippen LogP contribution in [-0.4, -0.2) is 46.4 Å². The van der Waals surface area contributed by atoms with Crippen LogP contribution in [-0.2, 0) is 34.3 Å². The van der Waals surface area contributed by atoms with Crippen LogP contribution in [0.4, 0.5) is 5.00 Å². The first-order valence-corrected chi connectivity index (χ1v) is 11.0. The lowest BCUT2D eigenvalue weighted by atomic mass is 10.0. The van der Waals surface area contributed by atoms with E-state index in [1.165, 1.54) is 22.9 Å². The van der Waals surface area contributed by atoms with E-state index < -0.39 is 16.8 Å². The van der Waals surface area contributed by atoms with Gasteiger partial charge in [-0.15, -0.1) is 11.3 Å². The molecule has 0 aromatic carbocycles. The van der Waals surface area contributed by atoms with Gasteiger partial charge < -0.3 is 15.0 Å². The monoisotopic (exact) mass is 455 g/mol. The zero-order valence-electron chi connectivity index (χ0n) is 17.1. The topological polar surface area (TPSA) is 126 Å². The highest BCUT2D eigenvalue weighted by molar-refractivity contribution is 8.00. The Balaban J connectivity index is 1.85. The number of H-pyrrole nitrogens is 1. The number of nitrogens with zero attached hydrogens (tertiary/aromatic N) is 2. The molecule has 0 bridgehead atoms. The highest BCUT2D eigenvalue weighted by Crippen LogP contribution is 2.38. The number of aromatic nitrogens is 2. The summed E-state index contributed by atoms with van der Waals surface area (Å²) in [7, 11) is 1.60. The molecule has 3 rings (SSSR count). The normalized spacial score (nSPS) is 14.2. The highest BCUT2D eigenvalue weighted by Gasteiger charge is 2.32. The SMILES string of the molecule is CCOC(=O)c1c(NC(=O)C(C)Sc2c(=O)o[nH][n+]2C)sc2c1CCN(C(C)=O)C2. The molecular formula is C18H23N4O6S2+. The number of fused-ring (bicyclic) bond motifs is 1. The summed E-state index contributed by atoms with van der Waals surface area (Å²) < 4.78 is 11.3. The van der Waals surface area contributed by atoms with E-state index in [2.05, 4.69) is 10.6 Å². The van der Waals surface area contributed by atoms with E-state index in [9.17, 15) is 19.2 Å². The molecule has 0 radical (unpaired) electrons. The third kappa shape index (κ3) is 4.43. The molecule has 0 saturated heterocycles. The molecule has 2 aromatic heterocycles. The summed E-state index contributed by atoms with van der Waals surface area (Å²) in [6.45, 7) is 5.98. The molecule has 1 atom stereocenters. The van der Waals surface area contributed by atoms with Crippen molar-refractivity contribution in [3.8, 4) is 0 Å². The maximum absolute atomic E-state index is 12.8. The Morgan fingerprint density at radius 2 is 2.17 bits per heavy atom. The Labute approximate surface area is 180 Å². The first-order valence-electron chi connectivity index (χ1n) is 9.35. The Bertz CT molecular complexity index is 1040. The number of hydrogen-bond acceptors (Lipinski definition) is 8. The molecule has 1 aliphatic heterocycles. The van der Waals surface area contributed by atoms with Crippen LogP contribution in [0, 0.1) is 0 Å². The Morgan fingerprint density at radius 3 is 2.77 bits per heavy atom. The lowest BCUT2D eigenvalue weighted by Gasteiger charge is -2.25. The quantitative estimate of drug-likeness (QED) is 0.379. The van der Waals surface area contributed by atoms with Crippen molar-refractivity contribution in [2.75, 3.05) is 18.5 Å². The van der Waals surface area contributed by atoms with Crippen LogP contribution in [0.2, 0.25) is 0 Å². The van der Waals surface area contributed by atoms with Gasteiger partial charge >= 0.3 is 16.6 Å². The van der Waals surface area contributed by atoms with Gasteiger partial charge in [-0.2, -0.15) is 0 Å². The Morgan fingerprint density at radius 1 is 1.43 bits per heavy atom. The van der Waals surface area contributed by atoms with Crippen molar-refractivity contribution < 1.29 is 28.3 Å². The molecular weight excluding hydrogens is 432 g/mol. The van der Waals surface area contributed by atoms with E-state index in [1.807, 2.05) is 0 Å². The Hall–Kier alpha value is -2.60. The molecule has 2 N–H and O–H groups in total. The van der Waals surface area contributed by atoms with Crippen molar-refractivity contribution in [2.45, 2.75) is 44.0 Å². The number of amides is 2. The number of aryl methyl sites for hydroxylation is 1. The predicted molar refractivity (Wildman–Crippen MR) is 110 cm³/mol. The molecule has 0 aliphatic carbocycles. The van der Waals surface area contributed by atoms with Gasteiger partial charge in [0.25, 0.3) is 0 Å². The van der Waals surface area contributed by atoms with Crippen LogP contribution >= 0.6 is 23.1 Å². The van der Waals surface area contributed by atoms with E-state index in [0.29, 0.717) is 30.1 Å². The minimum absolute atomic E-state index is 0.0412. The fourth-order valence-electron chi connectivity index (χ4n) is 3.07. The second kappa shape index (κ2) is 9.04. The van der Waals surface area contributed by atoms with Crippen molar-refractivity contribution in [3.05, 3.63) is 26.4 Å². The highest BCUT2D eigenvalue weighted by atomic mass is 32.2. The van der Waals surface area contributed by atoms with E-state index in [4.69, 9.17) is 9.26 Å². The number of esters is 1. The number of hydrogen-bond donors (Lipinski definition) is 2.